The lowest BCUT2D eigenvalue weighted by Crippen LogP contribution is -2.23. The minimum Gasteiger partial charge on any atom is -0.496 e. The number of aromatic nitrogens is 4. The van der Waals surface area contributed by atoms with Crippen molar-refractivity contribution in [3.05, 3.63) is 58.9 Å². The standard InChI is InChI=1S/C20H21ClN6O3/c1-12(2)19(28)24-14-6-4-13(5-7-14)10-22-20(29)15-8-16(21)17(9-18(15)30-3)27-11-23-25-26-27/h4-9,11-12H,10H2,1-3H3,(H,22,29)(H,24,28). The molecule has 3 rings (SSSR count). The molecule has 2 aromatic carbocycles. The van der Waals surface area contributed by atoms with Gasteiger partial charge in [-0.2, -0.15) is 4.68 Å². The molecule has 30 heavy (non-hydrogen) atoms. The van der Waals surface area contributed by atoms with Crippen LogP contribution in [0.3, 0.4) is 0 Å². The summed E-state index contributed by atoms with van der Waals surface area (Å²) in [4.78, 5) is 24.4. The fourth-order valence-electron chi connectivity index (χ4n) is 2.61. The summed E-state index contributed by atoms with van der Waals surface area (Å²) in [5.74, 6) is -0.147. The molecule has 2 amide bonds. The number of nitrogens with zero attached hydrogens (tertiary/aromatic N) is 4. The first kappa shape index (κ1) is 21.3. The Morgan fingerprint density at radius 1 is 1.20 bits per heavy atom. The number of carbonyl (C=O) groups excluding carboxylic acids is 2. The second kappa shape index (κ2) is 9.36. The lowest BCUT2D eigenvalue weighted by Gasteiger charge is -2.13. The van der Waals surface area contributed by atoms with Crippen LogP contribution in [0.15, 0.2) is 42.7 Å². The van der Waals surface area contributed by atoms with Gasteiger partial charge in [0.15, 0.2) is 0 Å². The lowest BCUT2D eigenvalue weighted by molar-refractivity contribution is -0.118. The van der Waals surface area contributed by atoms with Crippen molar-refractivity contribution in [1.82, 2.24) is 25.5 Å². The monoisotopic (exact) mass is 428 g/mol. The topological polar surface area (TPSA) is 111 Å². The first-order valence-electron chi connectivity index (χ1n) is 9.18. The van der Waals surface area contributed by atoms with E-state index in [0.717, 1.165) is 5.56 Å². The molecule has 3 aromatic rings. The van der Waals surface area contributed by atoms with Crippen LogP contribution in [-0.2, 0) is 11.3 Å². The van der Waals surface area contributed by atoms with Gasteiger partial charge < -0.3 is 15.4 Å². The van der Waals surface area contributed by atoms with Gasteiger partial charge in [0, 0.05) is 24.2 Å². The van der Waals surface area contributed by atoms with Gasteiger partial charge in [-0.1, -0.05) is 37.6 Å². The maximum Gasteiger partial charge on any atom is 0.255 e. The van der Waals surface area contributed by atoms with E-state index in [4.69, 9.17) is 16.3 Å². The summed E-state index contributed by atoms with van der Waals surface area (Å²) < 4.78 is 6.72. The van der Waals surface area contributed by atoms with Crippen LogP contribution in [0.2, 0.25) is 5.02 Å². The second-order valence-electron chi connectivity index (χ2n) is 6.78. The maximum atomic E-state index is 12.7. The molecular formula is C20H21ClN6O3. The molecule has 1 aromatic heterocycles. The highest BCUT2D eigenvalue weighted by molar-refractivity contribution is 6.33. The Morgan fingerprint density at radius 2 is 1.93 bits per heavy atom. The van der Waals surface area contributed by atoms with Crippen LogP contribution in [0.5, 0.6) is 5.75 Å². The van der Waals surface area contributed by atoms with Gasteiger partial charge in [-0.05, 0) is 34.2 Å². The number of ether oxygens (including phenoxy) is 1. The smallest absolute Gasteiger partial charge is 0.255 e. The Bertz CT molecular complexity index is 1040. The first-order chi connectivity index (χ1) is 14.4. The molecule has 0 fully saturated rings. The Morgan fingerprint density at radius 3 is 2.53 bits per heavy atom. The van der Waals surface area contributed by atoms with Crippen LogP contribution < -0.4 is 15.4 Å². The number of amides is 2. The van der Waals surface area contributed by atoms with Crippen LogP contribution in [0.25, 0.3) is 5.69 Å². The summed E-state index contributed by atoms with van der Waals surface area (Å²) in [5.41, 5.74) is 2.37. The summed E-state index contributed by atoms with van der Waals surface area (Å²) in [7, 11) is 1.47. The maximum absolute atomic E-state index is 12.7. The highest BCUT2D eigenvalue weighted by atomic mass is 35.5. The lowest BCUT2D eigenvalue weighted by atomic mass is 10.1. The average Bonchev–Trinajstić information content (AvgIpc) is 3.27. The summed E-state index contributed by atoms with van der Waals surface area (Å²) in [6.45, 7) is 3.96. The van der Waals surface area contributed by atoms with Crippen LogP contribution in [-0.4, -0.2) is 39.1 Å². The average molecular weight is 429 g/mol. The number of benzene rings is 2. The number of nitrogens with one attached hydrogen (secondary N) is 2. The molecule has 0 aliphatic carbocycles. The zero-order chi connectivity index (χ0) is 21.7. The van der Waals surface area contributed by atoms with Gasteiger partial charge in [0.25, 0.3) is 5.91 Å². The van der Waals surface area contributed by atoms with Crippen molar-refractivity contribution in [2.45, 2.75) is 20.4 Å². The summed E-state index contributed by atoms with van der Waals surface area (Å²) in [6, 6.07) is 10.4. The molecule has 0 saturated heterocycles. The summed E-state index contributed by atoms with van der Waals surface area (Å²) in [6.07, 6.45) is 1.40. The van der Waals surface area contributed by atoms with Crippen LogP contribution in [0.4, 0.5) is 5.69 Å². The number of carbonyl (C=O) groups is 2. The minimum absolute atomic E-state index is 0.0508. The van der Waals surface area contributed by atoms with Crippen molar-refractivity contribution >= 4 is 29.1 Å². The van der Waals surface area contributed by atoms with Gasteiger partial charge in [-0.3, -0.25) is 9.59 Å². The van der Waals surface area contributed by atoms with Gasteiger partial charge in [0.05, 0.1) is 23.4 Å². The molecule has 0 bridgehead atoms. The Labute approximate surface area is 178 Å². The summed E-state index contributed by atoms with van der Waals surface area (Å²) >= 11 is 6.31. The van der Waals surface area contributed by atoms with E-state index in [9.17, 15) is 9.59 Å². The van der Waals surface area contributed by atoms with E-state index in [1.807, 2.05) is 26.0 Å². The van der Waals surface area contributed by atoms with Gasteiger partial charge >= 0.3 is 0 Å². The molecule has 0 unspecified atom stereocenters. The Balaban J connectivity index is 1.69. The molecule has 0 saturated carbocycles. The van der Waals surface area contributed by atoms with Crippen molar-refractivity contribution in [1.29, 1.82) is 0 Å². The normalized spacial score (nSPS) is 10.7. The highest BCUT2D eigenvalue weighted by Crippen LogP contribution is 2.29. The molecule has 156 valence electrons. The molecule has 10 heteroatoms. The van der Waals surface area contributed by atoms with Gasteiger partial charge in [0.1, 0.15) is 12.1 Å². The number of methoxy groups -OCH3 is 1. The zero-order valence-electron chi connectivity index (χ0n) is 16.7. The van der Waals surface area contributed by atoms with Crippen LogP contribution >= 0.6 is 11.6 Å². The molecule has 2 N–H and O–H groups in total. The third-order valence-corrected chi connectivity index (χ3v) is 4.61. The van der Waals surface area contributed by atoms with Crippen molar-refractivity contribution < 1.29 is 14.3 Å². The predicted molar refractivity (Wildman–Crippen MR) is 112 cm³/mol. The van der Waals surface area contributed by atoms with E-state index in [1.54, 1.807) is 18.2 Å². The number of anilines is 1. The highest BCUT2D eigenvalue weighted by Gasteiger charge is 2.17. The van der Waals surface area contributed by atoms with E-state index in [2.05, 4.69) is 26.2 Å². The third-order valence-electron chi connectivity index (χ3n) is 4.31. The van der Waals surface area contributed by atoms with E-state index in [-0.39, 0.29) is 17.7 Å². The van der Waals surface area contributed by atoms with Crippen molar-refractivity contribution in [3.63, 3.8) is 0 Å². The van der Waals surface area contributed by atoms with Gasteiger partial charge in [-0.15, -0.1) is 5.10 Å². The Hall–Kier alpha value is -3.46. The van der Waals surface area contributed by atoms with E-state index in [1.165, 1.54) is 24.2 Å². The number of rotatable bonds is 7. The molecule has 0 aliphatic rings. The molecule has 0 aliphatic heterocycles. The van der Waals surface area contributed by atoms with Crippen LogP contribution in [0.1, 0.15) is 29.8 Å². The van der Waals surface area contributed by atoms with E-state index in [0.29, 0.717) is 34.3 Å². The zero-order valence-corrected chi connectivity index (χ0v) is 17.5. The van der Waals surface area contributed by atoms with Crippen molar-refractivity contribution in [2.24, 2.45) is 5.92 Å². The first-order valence-corrected chi connectivity index (χ1v) is 9.55. The largest absolute Gasteiger partial charge is 0.496 e. The fourth-order valence-corrected chi connectivity index (χ4v) is 2.86. The fraction of sp³-hybridized carbons (Fsp3) is 0.250. The SMILES string of the molecule is COc1cc(-n2cnnn2)c(Cl)cc1C(=O)NCc1ccc(NC(=O)C(C)C)cc1. The predicted octanol–water partition coefficient (Wildman–Crippen LogP) is 2.85. The number of hydrogen-bond donors (Lipinski definition) is 2. The molecule has 0 atom stereocenters. The number of tetrazole rings is 1. The van der Waals surface area contributed by atoms with Crippen LogP contribution in [0, 0.1) is 5.92 Å². The molecular weight excluding hydrogens is 408 g/mol. The number of halogens is 1. The quantitative estimate of drug-likeness (QED) is 0.598. The molecule has 9 nitrogen and oxygen atoms in total. The van der Waals surface area contributed by atoms with Gasteiger partial charge in [0.2, 0.25) is 5.91 Å². The molecule has 0 spiro atoms. The van der Waals surface area contributed by atoms with Crippen molar-refractivity contribution in [2.75, 3.05) is 12.4 Å². The summed E-state index contributed by atoms with van der Waals surface area (Å²) in [5, 5.41) is 16.9. The second-order valence-corrected chi connectivity index (χ2v) is 7.19. The number of hydrogen-bond acceptors (Lipinski definition) is 6. The van der Waals surface area contributed by atoms with Crippen molar-refractivity contribution in [3.8, 4) is 11.4 Å². The van der Waals surface area contributed by atoms with Gasteiger partial charge in [-0.25, -0.2) is 0 Å². The molecule has 0 radical (unpaired) electrons. The third kappa shape index (κ3) is 4.93. The minimum atomic E-state index is -0.339. The van der Waals surface area contributed by atoms with E-state index < -0.39 is 0 Å². The van der Waals surface area contributed by atoms with E-state index >= 15 is 0 Å². The molecule has 1 heterocycles. The Kier molecular flexibility index (Phi) is 6.63.